The number of nitrogens with two attached hydrogens (primary N) is 1. The topological polar surface area (TPSA) is 76.3 Å². The second kappa shape index (κ2) is 6.13. The molecule has 21 heavy (non-hydrogen) atoms. The van der Waals surface area contributed by atoms with Crippen LogP contribution in [0.1, 0.15) is 19.4 Å². The Bertz CT molecular complexity index is 715. The van der Waals surface area contributed by atoms with Crippen LogP contribution in [0.2, 0.25) is 0 Å². The van der Waals surface area contributed by atoms with Crippen LogP contribution >= 0.6 is 0 Å². The lowest BCUT2D eigenvalue weighted by molar-refractivity contribution is 0.592. The zero-order chi connectivity index (χ0) is 15.5. The molecule has 0 spiro atoms. The number of rotatable bonds is 5. The molecule has 5 nitrogen and oxygen atoms in total. The molecule has 0 saturated carbocycles. The van der Waals surface area contributed by atoms with Gasteiger partial charge in [0.25, 0.3) is 10.0 Å². The predicted molar refractivity (Wildman–Crippen MR) is 84.7 cm³/mol. The summed E-state index contributed by atoms with van der Waals surface area (Å²) in [5.41, 5.74) is 7.95. The Kier molecular flexibility index (Phi) is 4.47. The number of nitrogen functional groups attached to an aromatic ring is 1. The van der Waals surface area contributed by atoms with Crippen LogP contribution in [-0.2, 0) is 16.4 Å². The Morgan fingerprint density at radius 2 is 1.81 bits per heavy atom. The van der Waals surface area contributed by atoms with Gasteiger partial charge in [0.1, 0.15) is 0 Å². The average Bonchev–Trinajstić information content (AvgIpc) is 2.48. The Hall–Kier alpha value is -2.08. The highest BCUT2D eigenvalue weighted by Gasteiger charge is 2.24. The van der Waals surface area contributed by atoms with Gasteiger partial charge in [0.15, 0.2) is 0 Å². The highest BCUT2D eigenvalue weighted by molar-refractivity contribution is 7.92. The van der Waals surface area contributed by atoms with Gasteiger partial charge in [0.2, 0.25) is 0 Å². The third-order valence-electron chi connectivity index (χ3n) is 3.32. The number of benzene rings is 1. The minimum absolute atomic E-state index is 0.205. The van der Waals surface area contributed by atoms with Gasteiger partial charge in [-0.3, -0.25) is 9.29 Å². The maximum Gasteiger partial charge on any atom is 0.264 e. The molecule has 0 radical (unpaired) electrons. The van der Waals surface area contributed by atoms with Crippen molar-refractivity contribution in [2.24, 2.45) is 0 Å². The van der Waals surface area contributed by atoms with E-state index in [0.717, 1.165) is 12.0 Å². The maximum atomic E-state index is 12.8. The molecule has 2 aromatic rings. The Labute approximate surface area is 125 Å². The quantitative estimate of drug-likeness (QED) is 0.861. The smallest absolute Gasteiger partial charge is 0.264 e. The van der Waals surface area contributed by atoms with Gasteiger partial charge in [0, 0.05) is 24.6 Å². The first-order valence-corrected chi connectivity index (χ1v) is 8.25. The van der Waals surface area contributed by atoms with E-state index in [1.54, 1.807) is 43.6 Å². The molecular formula is C15H19N3O2S. The van der Waals surface area contributed by atoms with Crippen molar-refractivity contribution in [1.82, 2.24) is 4.98 Å². The number of aromatic nitrogens is 1. The highest BCUT2D eigenvalue weighted by atomic mass is 32.2. The van der Waals surface area contributed by atoms with Gasteiger partial charge in [-0.15, -0.1) is 0 Å². The molecule has 6 heteroatoms. The molecule has 0 unspecified atom stereocenters. The fourth-order valence-electron chi connectivity index (χ4n) is 2.18. The zero-order valence-electron chi connectivity index (χ0n) is 12.2. The van der Waals surface area contributed by atoms with Crippen molar-refractivity contribution in [3.8, 4) is 0 Å². The van der Waals surface area contributed by atoms with Crippen LogP contribution in [0.25, 0.3) is 0 Å². The van der Waals surface area contributed by atoms with Gasteiger partial charge in [-0.1, -0.05) is 13.0 Å². The molecule has 112 valence electrons. The van der Waals surface area contributed by atoms with Crippen LogP contribution in [0.3, 0.4) is 0 Å². The molecule has 0 aliphatic heterocycles. The number of nitrogens with zero attached hydrogens (tertiary/aromatic N) is 2. The number of hydrogen-bond donors (Lipinski definition) is 1. The van der Waals surface area contributed by atoms with Gasteiger partial charge >= 0.3 is 0 Å². The maximum absolute atomic E-state index is 12.8. The molecule has 0 aliphatic carbocycles. The van der Waals surface area contributed by atoms with Crippen LogP contribution in [0, 0.1) is 0 Å². The molecule has 2 rings (SSSR count). The van der Waals surface area contributed by atoms with Crippen molar-refractivity contribution >= 4 is 21.4 Å². The van der Waals surface area contributed by atoms with Crippen molar-refractivity contribution in [3.05, 3.63) is 48.3 Å². The average molecular weight is 305 g/mol. The van der Waals surface area contributed by atoms with Crippen LogP contribution < -0.4 is 10.0 Å². The van der Waals surface area contributed by atoms with Gasteiger partial charge in [0.05, 0.1) is 10.6 Å². The fraction of sp³-hybridized carbons (Fsp3) is 0.267. The number of anilines is 2. The monoisotopic (exact) mass is 305 g/mol. The molecule has 0 bridgehead atoms. The lowest BCUT2D eigenvalue weighted by Crippen LogP contribution is -2.30. The second-order valence-corrected chi connectivity index (χ2v) is 6.45. The van der Waals surface area contributed by atoms with E-state index in [1.807, 2.05) is 6.92 Å². The minimum atomic E-state index is -3.63. The summed E-state index contributed by atoms with van der Waals surface area (Å²) in [5, 5.41) is 0. The summed E-state index contributed by atoms with van der Waals surface area (Å²) in [4.78, 5) is 4.12. The van der Waals surface area contributed by atoms with Crippen LogP contribution in [-0.4, -0.2) is 19.9 Å². The summed E-state index contributed by atoms with van der Waals surface area (Å²) in [6.45, 7) is 4.11. The van der Waals surface area contributed by atoms with E-state index in [0.29, 0.717) is 17.9 Å². The van der Waals surface area contributed by atoms with Crippen molar-refractivity contribution in [1.29, 1.82) is 0 Å². The Balaban J connectivity index is 2.47. The van der Waals surface area contributed by atoms with Gasteiger partial charge in [-0.25, -0.2) is 8.42 Å². The molecule has 0 aliphatic rings. The molecule has 2 N–H and O–H groups in total. The van der Waals surface area contributed by atoms with E-state index < -0.39 is 10.0 Å². The first-order valence-electron chi connectivity index (χ1n) is 6.81. The van der Waals surface area contributed by atoms with Gasteiger partial charge in [-0.2, -0.15) is 0 Å². The summed E-state index contributed by atoms with van der Waals surface area (Å²) < 4.78 is 26.9. The van der Waals surface area contributed by atoms with Crippen LogP contribution in [0.4, 0.5) is 11.4 Å². The standard InChI is InChI=1S/C15H19N3O2S/c1-3-12-5-6-14(11-15(12)16)21(19,20)18(4-2)13-7-9-17-10-8-13/h5-11H,3-4,16H2,1-2H3. The second-order valence-electron chi connectivity index (χ2n) is 4.59. The summed E-state index contributed by atoms with van der Waals surface area (Å²) in [7, 11) is -3.63. The summed E-state index contributed by atoms with van der Waals surface area (Å²) >= 11 is 0. The van der Waals surface area contributed by atoms with Gasteiger partial charge in [-0.05, 0) is 43.2 Å². The highest BCUT2D eigenvalue weighted by Crippen LogP contribution is 2.25. The first-order chi connectivity index (χ1) is 10.0. The molecule has 0 atom stereocenters. The largest absolute Gasteiger partial charge is 0.398 e. The van der Waals surface area contributed by atoms with E-state index in [9.17, 15) is 8.42 Å². The fourth-order valence-corrected chi connectivity index (χ4v) is 3.69. The number of hydrogen-bond acceptors (Lipinski definition) is 4. The van der Waals surface area contributed by atoms with Crippen molar-refractivity contribution in [3.63, 3.8) is 0 Å². The first kappa shape index (κ1) is 15.3. The lowest BCUT2D eigenvalue weighted by atomic mass is 10.1. The number of aryl methyl sites for hydroxylation is 1. The summed E-state index contributed by atoms with van der Waals surface area (Å²) in [5.74, 6) is 0. The van der Waals surface area contributed by atoms with Crippen molar-refractivity contribution in [2.75, 3.05) is 16.6 Å². The summed E-state index contributed by atoms with van der Waals surface area (Å²) in [6.07, 6.45) is 3.91. The van der Waals surface area contributed by atoms with Crippen molar-refractivity contribution < 1.29 is 8.42 Å². The molecule has 1 heterocycles. The van der Waals surface area contributed by atoms with E-state index >= 15 is 0 Å². The number of sulfonamides is 1. The third-order valence-corrected chi connectivity index (χ3v) is 5.22. The SMILES string of the molecule is CCc1ccc(S(=O)(=O)N(CC)c2ccncc2)cc1N. The van der Waals surface area contributed by atoms with E-state index in [-0.39, 0.29) is 4.90 Å². The molecule has 1 aromatic heterocycles. The van der Waals surface area contributed by atoms with Crippen LogP contribution in [0.15, 0.2) is 47.6 Å². The Morgan fingerprint density at radius 3 is 2.33 bits per heavy atom. The zero-order valence-corrected chi connectivity index (χ0v) is 13.0. The van der Waals surface area contributed by atoms with E-state index in [2.05, 4.69) is 4.98 Å². The lowest BCUT2D eigenvalue weighted by Gasteiger charge is -2.23. The predicted octanol–water partition coefficient (Wildman–Crippen LogP) is 2.44. The Morgan fingerprint density at radius 1 is 1.14 bits per heavy atom. The number of pyridine rings is 1. The third kappa shape index (κ3) is 3.00. The van der Waals surface area contributed by atoms with Crippen molar-refractivity contribution in [2.45, 2.75) is 25.2 Å². The minimum Gasteiger partial charge on any atom is -0.398 e. The van der Waals surface area contributed by atoms with E-state index in [1.165, 1.54) is 10.4 Å². The summed E-state index contributed by atoms with van der Waals surface area (Å²) in [6, 6.07) is 8.24. The molecule has 0 fully saturated rings. The molecule has 0 amide bonds. The van der Waals surface area contributed by atoms with Gasteiger partial charge < -0.3 is 5.73 Å². The normalized spacial score (nSPS) is 11.3. The molecule has 0 saturated heterocycles. The van der Waals surface area contributed by atoms with E-state index in [4.69, 9.17) is 5.73 Å². The molecule has 1 aromatic carbocycles. The van der Waals surface area contributed by atoms with Crippen LogP contribution in [0.5, 0.6) is 0 Å². The molecular weight excluding hydrogens is 286 g/mol.